The second-order valence-electron chi connectivity index (χ2n) is 5.10. The number of nitrogens with one attached hydrogen (secondary N) is 1. The molecule has 4 nitrogen and oxygen atoms in total. The largest absolute Gasteiger partial charge is 0.370 e. The van der Waals surface area contributed by atoms with Gasteiger partial charge in [0.05, 0.1) is 35.9 Å². The van der Waals surface area contributed by atoms with E-state index in [1.165, 1.54) is 0 Å². The van der Waals surface area contributed by atoms with Crippen molar-refractivity contribution in [1.82, 2.24) is 4.98 Å². The van der Waals surface area contributed by atoms with E-state index in [0.717, 1.165) is 54.2 Å². The summed E-state index contributed by atoms with van der Waals surface area (Å²) in [4.78, 5) is 7.40. The standard InChI is InChI=1S/C16H17N3OS2/c17-12-13-3-4-14(15-2-1-10-21-15)18-16(13)22-11-7-19-5-8-20-9-6-19/h1-4,10H,5-9,11H2/p+1. The summed E-state index contributed by atoms with van der Waals surface area (Å²) in [6, 6.07) is 10.1. The third-order valence-electron chi connectivity index (χ3n) is 3.65. The van der Waals surface area contributed by atoms with Crippen LogP contribution in [0.25, 0.3) is 10.6 Å². The first-order chi connectivity index (χ1) is 10.9. The Bertz CT molecular complexity index is 646. The molecule has 0 amide bonds. The van der Waals surface area contributed by atoms with Crippen molar-refractivity contribution in [3.63, 3.8) is 0 Å². The van der Waals surface area contributed by atoms with E-state index in [4.69, 9.17) is 4.74 Å². The molecular formula is C16H18N3OS2+. The predicted molar refractivity (Wildman–Crippen MR) is 89.4 cm³/mol. The van der Waals surface area contributed by atoms with Crippen LogP contribution < -0.4 is 4.90 Å². The topological polar surface area (TPSA) is 50.3 Å². The van der Waals surface area contributed by atoms with Crippen LogP contribution in [0.1, 0.15) is 5.56 Å². The summed E-state index contributed by atoms with van der Waals surface area (Å²) < 4.78 is 5.38. The first kappa shape index (κ1) is 15.5. The van der Waals surface area contributed by atoms with Crippen LogP contribution in [0.4, 0.5) is 0 Å². The van der Waals surface area contributed by atoms with E-state index in [-0.39, 0.29) is 0 Å². The molecule has 2 aromatic rings. The van der Waals surface area contributed by atoms with Crippen LogP contribution in [0.5, 0.6) is 0 Å². The molecule has 0 aliphatic carbocycles. The zero-order valence-electron chi connectivity index (χ0n) is 12.2. The highest BCUT2D eigenvalue weighted by Gasteiger charge is 2.14. The molecule has 1 saturated heterocycles. The molecule has 0 atom stereocenters. The zero-order chi connectivity index (χ0) is 15.2. The lowest BCUT2D eigenvalue weighted by atomic mass is 10.2. The molecule has 1 N–H and O–H groups in total. The number of rotatable bonds is 5. The van der Waals surface area contributed by atoms with E-state index in [0.29, 0.717) is 5.56 Å². The Hall–Kier alpha value is -1.39. The Labute approximate surface area is 138 Å². The molecule has 0 unspecified atom stereocenters. The van der Waals surface area contributed by atoms with Crippen molar-refractivity contribution < 1.29 is 9.64 Å². The molecular weight excluding hydrogens is 314 g/mol. The van der Waals surface area contributed by atoms with Gasteiger partial charge in [-0.3, -0.25) is 0 Å². The minimum atomic E-state index is 0.669. The third kappa shape index (κ3) is 3.87. The SMILES string of the molecule is N#Cc1ccc(-c2cccs2)nc1SCC[NH+]1CCOCC1. The van der Waals surface area contributed by atoms with Gasteiger partial charge in [0.2, 0.25) is 0 Å². The van der Waals surface area contributed by atoms with E-state index in [9.17, 15) is 5.26 Å². The van der Waals surface area contributed by atoms with Gasteiger partial charge in [-0.25, -0.2) is 4.98 Å². The van der Waals surface area contributed by atoms with E-state index in [1.807, 2.05) is 23.6 Å². The maximum atomic E-state index is 9.27. The summed E-state index contributed by atoms with van der Waals surface area (Å²) in [6.45, 7) is 4.96. The molecule has 0 saturated carbocycles. The molecule has 1 aliphatic heterocycles. The molecule has 0 aromatic carbocycles. The van der Waals surface area contributed by atoms with Gasteiger partial charge in [-0.1, -0.05) is 17.8 Å². The number of aromatic nitrogens is 1. The van der Waals surface area contributed by atoms with Crippen LogP contribution >= 0.6 is 23.1 Å². The average molecular weight is 332 g/mol. The van der Waals surface area contributed by atoms with Gasteiger partial charge in [-0.2, -0.15) is 5.26 Å². The summed E-state index contributed by atoms with van der Waals surface area (Å²) in [6.07, 6.45) is 0. The number of thiophene rings is 1. The summed E-state index contributed by atoms with van der Waals surface area (Å²) in [7, 11) is 0. The van der Waals surface area contributed by atoms with Gasteiger partial charge in [0.25, 0.3) is 0 Å². The molecule has 3 rings (SSSR count). The molecule has 6 heteroatoms. The second-order valence-corrected chi connectivity index (χ2v) is 7.13. The maximum Gasteiger partial charge on any atom is 0.115 e. The van der Waals surface area contributed by atoms with Crippen molar-refractivity contribution in [2.24, 2.45) is 0 Å². The smallest absolute Gasteiger partial charge is 0.115 e. The summed E-state index contributed by atoms with van der Waals surface area (Å²) in [5.74, 6) is 0.977. The van der Waals surface area contributed by atoms with Crippen molar-refractivity contribution in [3.05, 3.63) is 35.2 Å². The van der Waals surface area contributed by atoms with E-state index < -0.39 is 0 Å². The van der Waals surface area contributed by atoms with Crippen molar-refractivity contribution in [2.45, 2.75) is 5.03 Å². The van der Waals surface area contributed by atoms with Gasteiger partial charge in [0, 0.05) is 5.75 Å². The number of thioether (sulfide) groups is 1. The van der Waals surface area contributed by atoms with Crippen LogP contribution in [0.2, 0.25) is 0 Å². The summed E-state index contributed by atoms with van der Waals surface area (Å²) >= 11 is 3.36. The molecule has 3 heterocycles. The molecule has 0 bridgehead atoms. The molecule has 0 radical (unpaired) electrons. The number of nitriles is 1. The maximum absolute atomic E-state index is 9.27. The van der Waals surface area contributed by atoms with E-state index in [1.54, 1.807) is 28.0 Å². The van der Waals surface area contributed by atoms with Crippen LogP contribution in [0, 0.1) is 11.3 Å². The number of pyridine rings is 1. The Morgan fingerprint density at radius 2 is 2.18 bits per heavy atom. The summed E-state index contributed by atoms with van der Waals surface area (Å²) in [5, 5.41) is 12.2. The van der Waals surface area contributed by atoms with Gasteiger partial charge < -0.3 is 9.64 Å². The first-order valence-electron chi connectivity index (χ1n) is 7.36. The molecule has 22 heavy (non-hydrogen) atoms. The molecule has 1 aliphatic rings. The minimum absolute atomic E-state index is 0.669. The lowest BCUT2D eigenvalue weighted by Crippen LogP contribution is -3.14. The normalized spacial score (nSPS) is 15.6. The third-order valence-corrected chi connectivity index (χ3v) is 5.53. The molecule has 0 spiro atoms. The number of hydrogen-bond acceptors (Lipinski definition) is 5. The van der Waals surface area contributed by atoms with E-state index in [2.05, 4.69) is 17.1 Å². The van der Waals surface area contributed by atoms with Crippen molar-refractivity contribution >= 4 is 23.1 Å². The van der Waals surface area contributed by atoms with Crippen LogP contribution in [-0.4, -0.2) is 43.6 Å². The van der Waals surface area contributed by atoms with Crippen molar-refractivity contribution in [3.8, 4) is 16.6 Å². The lowest BCUT2D eigenvalue weighted by molar-refractivity contribution is -0.905. The van der Waals surface area contributed by atoms with Crippen LogP contribution in [0.3, 0.4) is 0 Å². The lowest BCUT2D eigenvalue weighted by Gasteiger charge is -2.23. The number of hydrogen-bond donors (Lipinski definition) is 1. The fraction of sp³-hybridized carbons (Fsp3) is 0.375. The van der Waals surface area contributed by atoms with Gasteiger partial charge in [-0.15, -0.1) is 11.3 Å². The molecule has 114 valence electrons. The summed E-state index contributed by atoms with van der Waals surface area (Å²) in [5.41, 5.74) is 1.62. The van der Waals surface area contributed by atoms with Gasteiger partial charge in [0.1, 0.15) is 24.2 Å². The fourth-order valence-electron chi connectivity index (χ4n) is 2.40. The van der Waals surface area contributed by atoms with Crippen molar-refractivity contribution in [2.75, 3.05) is 38.6 Å². The van der Waals surface area contributed by atoms with Crippen molar-refractivity contribution in [1.29, 1.82) is 5.26 Å². The number of ether oxygens (including phenoxy) is 1. The minimum Gasteiger partial charge on any atom is -0.370 e. The number of quaternary nitrogens is 1. The Balaban J connectivity index is 1.66. The highest BCUT2D eigenvalue weighted by molar-refractivity contribution is 7.99. The Morgan fingerprint density at radius 3 is 2.91 bits per heavy atom. The monoisotopic (exact) mass is 332 g/mol. The van der Waals surface area contributed by atoms with E-state index >= 15 is 0 Å². The zero-order valence-corrected chi connectivity index (χ0v) is 13.9. The van der Waals surface area contributed by atoms with Crippen LogP contribution in [0.15, 0.2) is 34.7 Å². The second kappa shape index (κ2) is 7.75. The molecule has 2 aromatic heterocycles. The van der Waals surface area contributed by atoms with Crippen LogP contribution in [-0.2, 0) is 4.74 Å². The Morgan fingerprint density at radius 1 is 1.32 bits per heavy atom. The first-order valence-corrected chi connectivity index (χ1v) is 9.22. The number of morpholine rings is 1. The molecule has 1 fully saturated rings. The Kier molecular flexibility index (Phi) is 5.46. The van der Waals surface area contributed by atoms with Gasteiger partial charge in [-0.05, 0) is 23.6 Å². The van der Waals surface area contributed by atoms with Gasteiger partial charge in [0.15, 0.2) is 0 Å². The quantitative estimate of drug-likeness (QED) is 0.847. The fourth-order valence-corrected chi connectivity index (χ4v) is 4.11. The average Bonchev–Trinajstić information content (AvgIpc) is 3.10. The number of nitrogens with zero attached hydrogens (tertiary/aromatic N) is 2. The highest BCUT2D eigenvalue weighted by atomic mass is 32.2. The van der Waals surface area contributed by atoms with Gasteiger partial charge >= 0.3 is 0 Å². The highest BCUT2D eigenvalue weighted by Crippen LogP contribution is 2.27. The predicted octanol–water partition coefficient (Wildman–Crippen LogP) is 1.69.